The van der Waals surface area contributed by atoms with E-state index in [1.54, 1.807) is 34.0 Å². The third kappa shape index (κ3) is 18.5. The third-order valence-electron chi connectivity index (χ3n) is 16.0. The Hall–Kier alpha value is -4.07. The maximum absolute atomic E-state index is 14.4. The van der Waals surface area contributed by atoms with Gasteiger partial charge in [-0.2, -0.15) is 12.7 Å². The van der Waals surface area contributed by atoms with Crippen molar-refractivity contribution in [2.24, 2.45) is 41.4 Å². The largest absolute Gasteiger partial charge is 0.462 e. The number of esters is 1. The van der Waals surface area contributed by atoms with Crippen LogP contribution in [0.2, 0.25) is 0 Å². The summed E-state index contributed by atoms with van der Waals surface area (Å²) >= 11 is 0. The number of Topliss-reactive ketones (excluding diaryl/α,β-unsaturated/α-hetero) is 3. The lowest BCUT2D eigenvalue weighted by molar-refractivity contribution is -0.263. The van der Waals surface area contributed by atoms with Gasteiger partial charge in [0.1, 0.15) is 36.2 Å². The highest BCUT2D eigenvalue weighted by Gasteiger charge is 2.57. The average Bonchev–Trinajstić information content (AvgIpc) is 3.44. The summed E-state index contributed by atoms with van der Waals surface area (Å²) in [5, 5.41) is 47.4. The highest BCUT2D eigenvalue weighted by atomic mass is 32.2. The van der Waals surface area contributed by atoms with Gasteiger partial charge in [-0.15, -0.1) is 0 Å². The zero-order chi connectivity index (χ0) is 58.5. The molecule has 0 aromatic heterocycles. The fourth-order valence-corrected chi connectivity index (χ4v) is 12.4. The first-order chi connectivity index (χ1) is 37.0. The number of hydrogen-bond acceptors (Lipinski definition) is 18. The molecule has 444 valence electrons. The first-order valence-electron chi connectivity index (χ1n) is 27.4. The molecule has 0 radical (unpaired) electrons. The molecule has 4 fully saturated rings. The van der Waals surface area contributed by atoms with Crippen molar-refractivity contribution in [1.29, 1.82) is 0 Å². The van der Waals surface area contributed by atoms with Crippen LogP contribution < -0.4 is 4.72 Å². The molecule has 4 bridgehead atoms. The second-order valence-corrected chi connectivity index (χ2v) is 23.3. The van der Waals surface area contributed by atoms with Crippen molar-refractivity contribution in [3.63, 3.8) is 0 Å². The third-order valence-corrected chi connectivity index (χ3v) is 17.6. The summed E-state index contributed by atoms with van der Waals surface area (Å²) < 4.78 is 54.2. The Morgan fingerprint density at radius 3 is 2.19 bits per heavy atom. The normalized spacial score (nSPS) is 36.3. The van der Waals surface area contributed by atoms with Crippen molar-refractivity contribution in [1.82, 2.24) is 13.9 Å². The van der Waals surface area contributed by atoms with Crippen LogP contribution in [-0.2, 0) is 62.7 Å². The second-order valence-electron chi connectivity index (χ2n) is 21.5. The van der Waals surface area contributed by atoms with Crippen LogP contribution in [0.15, 0.2) is 47.6 Å². The number of carbonyl (C=O) groups is 6. The molecular formula is C56H91N3O18S. The molecule has 8 unspecified atom stereocenters. The highest BCUT2D eigenvalue weighted by Crippen LogP contribution is 2.45. The number of aliphatic hydroxyl groups is 5. The molecule has 21 nitrogen and oxygen atoms in total. The highest BCUT2D eigenvalue weighted by molar-refractivity contribution is 7.87. The Labute approximate surface area is 462 Å². The Morgan fingerprint density at radius 1 is 0.897 bits per heavy atom. The van der Waals surface area contributed by atoms with Crippen LogP contribution in [0.25, 0.3) is 0 Å². The summed E-state index contributed by atoms with van der Waals surface area (Å²) in [6.07, 6.45) is 12.7. The van der Waals surface area contributed by atoms with Crippen LogP contribution >= 0.6 is 0 Å². The quantitative estimate of drug-likeness (QED) is 0.0707. The van der Waals surface area contributed by atoms with Gasteiger partial charge in [0.15, 0.2) is 5.78 Å². The number of nitrogens with zero attached hydrogens (tertiary/aromatic N) is 2. The van der Waals surface area contributed by atoms with Gasteiger partial charge in [-0.05, 0) is 108 Å². The molecule has 4 aliphatic heterocycles. The van der Waals surface area contributed by atoms with Crippen LogP contribution in [0.5, 0.6) is 0 Å². The maximum atomic E-state index is 14.4. The van der Waals surface area contributed by atoms with Gasteiger partial charge in [-0.25, -0.2) is 9.52 Å². The van der Waals surface area contributed by atoms with E-state index in [0.717, 1.165) is 17.0 Å². The second kappa shape index (κ2) is 33.0. The predicted molar refractivity (Wildman–Crippen MR) is 289 cm³/mol. The van der Waals surface area contributed by atoms with Gasteiger partial charge >= 0.3 is 5.97 Å². The molecule has 0 spiro atoms. The van der Waals surface area contributed by atoms with E-state index in [9.17, 15) is 47.4 Å². The number of fused-ring (bicyclic) bond motifs is 4. The van der Waals surface area contributed by atoms with Crippen LogP contribution in [-0.4, -0.2) is 189 Å². The molecule has 0 aromatic carbocycles. The molecule has 15 atom stereocenters. The van der Waals surface area contributed by atoms with E-state index in [2.05, 4.69) is 4.72 Å². The molecular weight excluding hydrogens is 1030 g/mol. The van der Waals surface area contributed by atoms with E-state index >= 15 is 0 Å². The van der Waals surface area contributed by atoms with Gasteiger partial charge in [0, 0.05) is 78.1 Å². The molecule has 78 heavy (non-hydrogen) atoms. The number of ketones is 3. The summed E-state index contributed by atoms with van der Waals surface area (Å²) in [5.41, 5.74) is 1.45. The van der Waals surface area contributed by atoms with Gasteiger partial charge in [0.2, 0.25) is 5.79 Å². The number of amides is 1. The molecule has 1 saturated carbocycles. The minimum atomic E-state index is -3.52. The van der Waals surface area contributed by atoms with Gasteiger partial charge < -0.3 is 54.1 Å². The average molecular weight is 1130 g/mol. The fourth-order valence-electron chi connectivity index (χ4n) is 11.5. The molecule has 5 rings (SSSR count). The van der Waals surface area contributed by atoms with Crippen LogP contribution in [0, 0.1) is 41.4 Å². The lowest BCUT2D eigenvalue weighted by Crippen LogP contribution is -2.65. The number of methoxy groups -OCH3 is 2. The first-order valence-corrected chi connectivity index (χ1v) is 28.8. The number of carbonyl (C=O) groups excluding carboxylic acids is 6. The molecule has 5 aliphatic rings. The Balaban J connectivity index is 0.00000101. The molecule has 0 aromatic rings. The Morgan fingerprint density at radius 2 is 1.58 bits per heavy atom. The van der Waals surface area contributed by atoms with Gasteiger partial charge in [-0.1, -0.05) is 69.7 Å². The van der Waals surface area contributed by atoms with Crippen molar-refractivity contribution >= 4 is 45.9 Å². The number of allylic oxidation sites excluding steroid dienone is 7. The standard InChI is InChI=1S/C50H73NO13.C5H14N2O4S.CH4O/c1-29-13-10-9-11-14-30(2)23-32(4)44(54)46(61-8)45(55)33(5)24-31(3)39(53)27-41-38(25-35-18-21-40(62-28-52)42(26-35)60-7)37-15-12-22-51(43(37)49(58)63-41)48(57)47(56)50(59)34(6)17-20-36(64-50)19-16-29;1-6-12(10,11)7(2-4-8)3-5-9;1-2/h9-11,13-14,24,28,30-32,34-38,40-43,45-46,55,59H,12,15-23,25-27H2,1-8H3;6,8-9H,2-5H2,1H3;2H,1H3/b10-9+,14-11+,29-13+,33-24+;;/t30-,31-,32?,34?,35?,36-,37?,38+,40-,41+,42?,43?,45?,46+,50?;;/m1../s1. The van der Waals surface area contributed by atoms with E-state index in [-0.39, 0.29) is 68.8 Å². The van der Waals surface area contributed by atoms with Gasteiger partial charge in [0.25, 0.3) is 28.4 Å². The number of nitrogens with one attached hydrogen (secondary N) is 1. The first kappa shape index (κ1) is 68.2. The van der Waals surface area contributed by atoms with E-state index in [0.29, 0.717) is 82.7 Å². The lowest BCUT2D eigenvalue weighted by Gasteiger charge is -2.50. The van der Waals surface area contributed by atoms with Crippen molar-refractivity contribution in [3.05, 3.63) is 47.6 Å². The van der Waals surface area contributed by atoms with E-state index in [4.69, 9.17) is 39.0 Å². The number of rotatable bonds is 12. The number of ether oxygens (including phenoxy) is 5. The van der Waals surface area contributed by atoms with Crippen molar-refractivity contribution in [2.45, 2.75) is 167 Å². The molecule has 1 amide bonds. The number of hydrogen-bond donors (Lipinski definition) is 6. The fraction of sp³-hybridized carbons (Fsp3) is 0.750. The van der Waals surface area contributed by atoms with Crippen LogP contribution in [0.3, 0.4) is 0 Å². The van der Waals surface area contributed by atoms with E-state index < -0.39 is 99.8 Å². The number of piperidine rings is 1. The SMILES string of the molecule is CNS(=O)(=O)N(CCO)CCO.CO.COC1CC(C[C@H]2C3CCCN4C(=O)C(=O)C5(O)O[C@H](CC/C(C)=C/C=C/C=C/[C@@H](C)CC(C)C(=O)[C@H](OC)C(O)/C(C)=C/[C@@H](C)C(=O)C[C@@H]2OC(=O)C34)CCC5C)CC[C@H]1OC=O. The smallest absolute Gasteiger partial charge is 0.329 e. The topological polar surface area (TPSA) is 302 Å². The summed E-state index contributed by atoms with van der Waals surface area (Å²) in [4.78, 5) is 83.2. The molecule has 3 saturated heterocycles. The summed E-state index contributed by atoms with van der Waals surface area (Å²) in [5.74, 6) is -8.30. The summed E-state index contributed by atoms with van der Waals surface area (Å²) in [6, 6.07) is -1.12. The zero-order valence-corrected chi connectivity index (χ0v) is 48.3. The summed E-state index contributed by atoms with van der Waals surface area (Å²) in [6.45, 7) is 10.8. The Kier molecular flexibility index (Phi) is 28.9. The molecule has 22 heteroatoms. The molecule has 4 heterocycles. The van der Waals surface area contributed by atoms with Crippen LogP contribution in [0.4, 0.5) is 0 Å². The van der Waals surface area contributed by atoms with Crippen molar-refractivity contribution in [3.8, 4) is 0 Å². The summed E-state index contributed by atoms with van der Waals surface area (Å²) in [7, 11) is 1.70. The van der Waals surface area contributed by atoms with Gasteiger partial charge in [-0.3, -0.25) is 24.0 Å². The lowest BCUT2D eigenvalue weighted by atomic mass is 9.68. The Bertz CT molecular complexity index is 2200. The van der Waals surface area contributed by atoms with E-state index in [1.165, 1.54) is 19.1 Å². The molecule has 1 aliphatic carbocycles. The van der Waals surface area contributed by atoms with Gasteiger partial charge in [0.05, 0.1) is 25.4 Å². The molecule has 6 N–H and O–H groups in total. The van der Waals surface area contributed by atoms with Crippen molar-refractivity contribution < 1.29 is 86.4 Å². The van der Waals surface area contributed by atoms with E-state index in [1.807, 2.05) is 51.2 Å². The maximum Gasteiger partial charge on any atom is 0.329 e. The predicted octanol–water partition coefficient (Wildman–Crippen LogP) is 3.30. The minimum Gasteiger partial charge on any atom is -0.462 e. The number of aliphatic hydroxyl groups excluding tert-OH is 4. The van der Waals surface area contributed by atoms with Crippen LogP contribution in [0.1, 0.15) is 119 Å². The zero-order valence-electron chi connectivity index (χ0n) is 47.5. The monoisotopic (exact) mass is 1130 g/mol. The van der Waals surface area contributed by atoms with Crippen molar-refractivity contribution in [2.75, 3.05) is 61.2 Å². The minimum absolute atomic E-state index is 0.0102.